The zero-order chi connectivity index (χ0) is 15.6. The van der Waals surface area contributed by atoms with Crippen LogP contribution in [-0.4, -0.2) is 30.7 Å². The summed E-state index contributed by atoms with van der Waals surface area (Å²) in [6.07, 6.45) is -0.571. The Kier molecular flexibility index (Phi) is 4.39. The third-order valence-corrected chi connectivity index (χ3v) is 3.49. The summed E-state index contributed by atoms with van der Waals surface area (Å²) < 4.78 is 4.98. The van der Waals surface area contributed by atoms with Crippen molar-refractivity contribution in [1.82, 2.24) is 10.4 Å². The van der Waals surface area contributed by atoms with E-state index in [2.05, 4.69) is 5.32 Å². The van der Waals surface area contributed by atoms with Crippen LogP contribution in [0, 0.1) is 5.41 Å². The second-order valence-corrected chi connectivity index (χ2v) is 5.80. The molecule has 0 aromatic heterocycles. The normalized spacial score (nSPS) is 17.0. The maximum Gasteiger partial charge on any atom is 0.412 e. The highest BCUT2D eigenvalue weighted by Crippen LogP contribution is 2.30. The lowest BCUT2D eigenvalue weighted by Crippen LogP contribution is -2.30. The fourth-order valence-corrected chi connectivity index (χ4v) is 2.08. The molecule has 0 unspecified atom stereocenters. The Bertz CT molecular complexity index is 574. The van der Waals surface area contributed by atoms with Gasteiger partial charge in [-0.1, -0.05) is 17.7 Å². The van der Waals surface area contributed by atoms with E-state index in [0.717, 1.165) is 0 Å². The van der Waals surface area contributed by atoms with Crippen molar-refractivity contribution in [3.05, 3.63) is 28.8 Å². The molecule has 1 saturated heterocycles. The molecule has 1 aliphatic heterocycles. The molecule has 1 aliphatic rings. The van der Waals surface area contributed by atoms with Gasteiger partial charge in [0.25, 0.3) is 5.91 Å². The Morgan fingerprint density at radius 2 is 2.24 bits per heavy atom. The summed E-state index contributed by atoms with van der Waals surface area (Å²) in [6.45, 7) is 4.26. The molecule has 1 aromatic rings. The highest BCUT2D eigenvalue weighted by atomic mass is 35.5. The van der Waals surface area contributed by atoms with Crippen LogP contribution < -0.4 is 10.1 Å². The van der Waals surface area contributed by atoms with Crippen LogP contribution in [0.5, 0.6) is 5.75 Å². The van der Waals surface area contributed by atoms with Gasteiger partial charge in [0.1, 0.15) is 5.75 Å². The van der Waals surface area contributed by atoms with Gasteiger partial charge in [0.2, 0.25) is 0 Å². The highest BCUT2D eigenvalue weighted by Gasteiger charge is 2.40. The largest absolute Gasteiger partial charge is 0.412 e. The molecular formula is C14H17ClN2O4. The Morgan fingerprint density at radius 3 is 2.76 bits per heavy atom. The first-order valence-corrected chi connectivity index (χ1v) is 6.84. The minimum absolute atomic E-state index is 0.0794. The second-order valence-electron chi connectivity index (χ2n) is 5.39. The Balaban J connectivity index is 2.08. The highest BCUT2D eigenvalue weighted by molar-refractivity contribution is 6.31. The van der Waals surface area contributed by atoms with Crippen molar-refractivity contribution >= 4 is 23.6 Å². The maximum atomic E-state index is 12.1. The minimum Gasteiger partial charge on any atom is -0.410 e. The molecule has 6 nitrogen and oxygen atoms in total. The van der Waals surface area contributed by atoms with Crippen molar-refractivity contribution in [2.24, 2.45) is 5.41 Å². The zero-order valence-electron chi connectivity index (χ0n) is 12.1. The topological polar surface area (TPSA) is 67.9 Å². The van der Waals surface area contributed by atoms with Gasteiger partial charge in [-0.25, -0.2) is 9.86 Å². The Morgan fingerprint density at radius 1 is 1.52 bits per heavy atom. The summed E-state index contributed by atoms with van der Waals surface area (Å²) in [5.41, 5.74) is 0.196. The Labute approximate surface area is 127 Å². The lowest BCUT2D eigenvalue weighted by molar-refractivity contribution is -0.165. The minimum atomic E-state index is -0.571. The van der Waals surface area contributed by atoms with Crippen molar-refractivity contribution in [3.8, 4) is 5.75 Å². The van der Waals surface area contributed by atoms with E-state index in [9.17, 15) is 9.59 Å². The number of benzene rings is 1. The average Bonchev–Trinajstić information content (AvgIpc) is 2.68. The first-order chi connectivity index (χ1) is 9.83. The predicted molar refractivity (Wildman–Crippen MR) is 76.8 cm³/mol. The molecule has 2 rings (SSSR count). The van der Waals surface area contributed by atoms with Crippen LogP contribution in [-0.2, 0) is 16.2 Å². The summed E-state index contributed by atoms with van der Waals surface area (Å²) in [6, 6.07) is 4.84. The molecule has 0 saturated carbocycles. The molecule has 2 amide bonds. The molecule has 0 radical (unpaired) electrons. The molecule has 7 heteroatoms. The average molecular weight is 313 g/mol. The van der Waals surface area contributed by atoms with Crippen LogP contribution >= 0.6 is 11.6 Å². The molecular weight excluding hydrogens is 296 g/mol. The van der Waals surface area contributed by atoms with Crippen molar-refractivity contribution in [3.63, 3.8) is 0 Å². The number of hydrogen-bond donors (Lipinski definition) is 1. The summed E-state index contributed by atoms with van der Waals surface area (Å²) in [5, 5.41) is 4.05. The number of hydroxylamine groups is 2. The van der Waals surface area contributed by atoms with Gasteiger partial charge in [0.15, 0.2) is 0 Å². The molecule has 1 aromatic carbocycles. The fourth-order valence-electron chi connectivity index (χ4n) is 1.85. The first-order valence-electron chi connectivity index (χ1n) is 6.46. The van der Waals surface area contributed by atoms with E-state index < -0.39 is 11.5 Å². The van der Waals surface area contributed by atoms with Crippen LogP contribution in [0.2, 0.25) is 5.02 Å². The number of rotatable bonds is 3. The summed E-state index contributed by atoms with van der Waals surface area (Å²) in [7, 11) is 1.47. The van der Waals surface area contributed by atoms with Gasteiger partial charge >= 0.3 is 6.09 Å². The predicted octanol–water partition coefficient (Wildman–Crippen LogP) is 2.36. The number of ether oxygens (including phenoxy) is 1. The quantitative estimate of drug-likeness (QED) is 0.930. The molecule has 1 heterocycles. The van der Waals surface area contributed by atoms with Gasteiger partial charge in [0, 0.05) is 12.1 Å². The summed E-state index contributed by atoms with van der Waals surface area (Å²) in [4.78, 5) is 28.6. The number of amides is 2. The van der Waals surface area contributed by atoms with E-state index in [4.69, 9.17) is 21.2 Å². The van der Waals surface area contributed by atoms with Gasteiger partial charge in [-0.05, 0) is 31.5 Å². The number of hydrogen-bond acceptors (Lipinski definition) is 4. The molecule has 0 aliphatic carbocycles. The number of nitrogens with one attached hydrogen (secondary N) is 1. The first kappa shape index (κ1) is 15.6. The van der Waals surface area contributed by atoms with Crippen molar-refractivity contribution in [1.29, 1.82) is 0 Å². The third kappa shape index (κ3) is 3.46. The molecule has 114 valence electrons. The fraction of sp³-hybridized carbons (Fsp3) is 0.429. The van der Waals surface area contributed by atoms with Gasteiger partial charge in [0.05, 0.1) is 18.6 Å². The lowest BCUT2D eigenvalue weighted by Gasteiger charge is -2.17. The molecule has 1 fully saturated rings. The van der Waals surface area contributed by atoms with E-state index in [-0.39, 0.29) is 12.5 Å². The van der Waals surface area contributed by atoms with E-state index in [1.54, 1.807) is 12.1 Å². The van der Waals surface area contributed by atoms with Crippen molar-refractivity contribution in [2.75, 3.05) is 13.7 Å². The van der Waals surface area contributed by atoms with E-state index in [1.807, 2.05) is 13.8 Å². The van der Waals surface area contributed by atoms with E-state index >= 15 is 0 Å². The number of halogens is 1. The Hall–Kier alpha value is -1.79. The van der Waals surface area contributed by atoms with E-state index in [0.29, 0.717) is 22.9 Å². The van der Waals surface area contributed by atoms with Crippen LogP contribution in [0.15, 0.2) is 18.2 Å². The lowest BCUT2D eigenvalue weighted by atomic mass is 9.95. The molecule has 0 atom stereocenters. The van der Waals surface area contributed by atoms with Gasteiger partial charge in [-0.2, -0.15) is 0 Å². The second kappa shape index (κ2) is 5.91. The monoisotopic (exact) mass is 312 g/mol. The molecule has 0 spiro atoms. The number of nitrogens with zero attached hydrogens (tertiary/aromatic N) is 1. The van der Waals surface area contributed by atoms with Crippen LogP contribution in [0.25, 0.3) is 0 Å². The standard InChI is InChI=1S/C14H17ClN2O4/c1-14(2)8-20-17(12(14)18)7-9-4-5-10(6-11(9)15)21-13(19)16-3/h4-6H,7-8H2,1-3H3,(H,16,19). The van der Waals surface area contributed by atoms with Crippen LogP contribution in [0.4, 0.5) is 4.79 Å². The summed E-state index contributed by atoms with van der Waals surface area (Å²) in [5.74, 6) is 0.251. The number of carbonyl (C=O) groups is 2. The molecule has 0 bridgehead atoms. The molecule has 21 heavy (non-hydrogen) atoms. The SMILES string of the molecule is CNC(=O)Oc1ccc(CN2OCC(C)(C)C2=O)c(Cl)c1. The van der Waals surface area contributed by atoms with Crippen LogP contribution in [0.1, 0.15) is 19.4 Å². The van der Waals surface area contributed by atoms with Crippen LogP contribution in [0.3, 0.4) is 0 Å². The van der Waals surface area contributed by atoms with Gasteiger partial charge in [-0.15, -0.1) is 0 Å². The van der Waals surface area contributed by atoms with Gasteiger partial charge < -0.3 is 10.1 Å². The van der Waals surface area contributed by atoms with Crippen molar-refractivity contribution in [2.45, 2.75) is 20.4 Å². The molecule has 1 N–H and O–H groups in total. The zero-order valence-corrected chi connectivity index (χ0v) is 12.9. The van der Waals surface area contributed by atoms with Crippen molar-refractivity contribution < 1.29 is 19.2 Å². The smallest absolute Gasteiger partial charge is 0.410 e. The van der Waals surface area contributed by atoms with E-state index in [1.165, 1.54) is 18.2 Å². The van der Waals surface area contributed by atoms with Gasteiger partial charge in [-0.3, -0.25) is 9.63 Å². The summed E-state index contributed by atoms with van der Waals surface area (Å²) >= 11 is 6.15. The number of carbonyl (C=O) groups excluding carboxylic acids is 2. The third-order valence-electron chi connectivity index (χ3n) is 3.14. The maximum absolute atomic E-state index is 12.1.